The summed E-state index contributed by atoms with van der Waals surface area (Å²) in [4.78, 5) is 23.1. The number of urea groups is 1. The molecule has 1 saturated carbocycles. The summed E-state index contributed by atoms with van der Waals surface area (Å²) in [6.07, 6.45) is 3.32. The first-order valence-electron chi connectivity index (χ1n) is 8.48. The zero-order valence-electron chi connectivity index (χ0n) is 14.1. The van der Waals surface area contributed by atoms with Crippen molar-refractivity contribution in [2.75, 3.05) is 5.73 Å². The van der Waals surface area contributed by atoms with Gasteiger partial charge >= 0.3 is 6.03 Å². The largest absolute Gasteiger partial charge is 0.368 e. The van der Waals surface area contributed by atoms with E-state index < -0.39 is 0 Å². The number of halogens is 1. The second-order valence-electron chi connectivity index (χ2n) is 6.75. The quantitative estimate of drug-likeness (QED) is 0.863. The molecule has 0 unspecified atom stereocenters. The molecule has 1 aromatic heterocycles. The van der Waals surface area contributed by atoms with Crippen LogP contribution in [0.2, 0.25) is 5.02 Å². The first-order valence-corrected chi connectivity index (χ1v) is 8.86. The lowest BCUT2D eigenvalue weighted by Gasteiger charge is -2.28. The molecule has 1 fully saturated rings. The van der Waals surface area contributed by atoms with Gasteiger partial charge in [0.1, 0.15) is 0 Å². The standard InChI is InChI=1S/C18H20ClN5O/c1-10-7-11(19)5-6-13(10)16-14-8-24(9-15(14)22-17(20)23-16)18(25)21-12-3-2-4-12/h5-7,12H,2-4,8-9H2,1H3,(H,21,25)(H2,20,22,23). The molecule has 7 heteroatoms. The average Bonchev–Trinajstić information content (AvgIpc) is 2.94. The number of hydrogen-bond acceptors (Lipinski definition) is 4. The molecule has 0 radical (unpaired) electrons. The van der Waals surface area contributed by atoms with Crippen molar-refractivity contribution in [3.63, 3.8) is 0 Å². The van der Waals surface area contributed by atoms with Crippen molar-refractivity contribution in [2.45, 2.75) is 45.3 Å². The number of nitrogens with zero attached hydrogens (tertiary/aromatic N) is 3. The molecule has 2 aromatic rings. The molecular formula is C18H20ClN5O. The molecule has 0 atom stereocenters. The van der Waals surface area contributed by atoms with Crippen LogP contribution in [0.3, 0.4) is 0 Å². The summed E-state index contributed by atoms with van der Waals surface area (Å²) in [5.41, 5.74) is 10.5. The minimum Gasteiger partial charge on any atom is -0.368 e. The second-order valence-corrected chi connectivity index (χ2v) is 7.18. The smallest absolute Gasteiger partial charge is 0.318 e. The van der Waals surface area contributed by atoms with Crippen molar-refractivity contribution in [1.29, 1.82) is 0 Å². The van der Waals surface area contributed by atoms with Gasteiger partial charge in [0.05, 0.1) is 24.5 Å². The maximum Gasteiger partial charge on any atom is 0.318 e. The number of nitrogen functional groups attached to an aromatic ring is 1. The number of carbonyl (C=O) groups excluding carboxylic acids is 1. The zero-order valence-corrected chi connectivity index (χ0v) is 14.8. The van der Waals surface area contributed by atoms with E-state index in [-0.39, 0.29) is 12.0 Å². The van der Waals surface area contributed by atoms with Crippen LogP contribution < -0.4 is 11.1 Å². The highest BCUT2D eigenvalue weighted by molar-refractivity contribution is 6.30. The molecule has 0 spiro atoms. The summed E-state index contributed by atoms with van der Waals surface area (Å²) in [6, 6.07) is 5.95. The molecule has 1 aliphatic heterocycles. The predicted octanol–water partition coefficient (Wildman–Crippen LogP) is 3.27. The normalized spacial score (nSPS) is 16.5. The molecule has 3 N–H and O–H groups in total. The third-order valence-electron chi connectivity index (χ3n) is 4.96. The highest BCUT2D eigenvalue weighted by Crippen LogP contribution is 2.33. The van der Waals surface area contributed by atoms with Gasteiger partial charge < -0.3 is 16.0 Å². The summed E-state index contributed by atoms with van der Waals surface area (Å²) in [5, 5.41) is 3.76. The number of nitrogens with one attached hydrogen (secondary N) is 1. The molecular weight excluding hydrogens is 338 g/mol. The first-order chi connectivity index (χ1) is 12.0. The highest BCUT2D eigenvalue weighted by Gasteiger charge is 2.30. The van der Waals surface area contributed by atoms with Gasteiger partial charge in [-0.2, -0.15) is 0 Å². The van der Waals surface area contributed by atoms with Gasteiger partial charge in [-0.25, -0.2) is 14.8 Å². The Balaban J connectivity index is 1.65. The van der Waals surface area contributed by atoms with Gasteiger partial charge in [-0.3, -0.25) is 0 Å². The molecule has 2 amide bonds. The molecule has 25 heavy (non-hydrogen) atoms. The Hall–Kier alpha value is -2.34. The van der Waals surface area contributed by atoms with E-state index in [4.69, 9.17) is 17.3 Å². The van der Waals surface area contributed by atoms with Gasteiger partial charge in [-0.15, -0.1) is 0 Å². The number of amides is 2. The molecule has 2 aliphatic rings. The van der Waals surface area contributed by atoms with Gasteiger partial charge in [0.25, 0.3) is 0 Å². The van der Waals surface area contributed by atoms with Crippen LogP contribution in [0, 0.1) is 6.92 Å². The van der Waals surface area contributed by atoms with E-state index in [1.807, 2.05) is 25.1 Å². The molecule has 1 aliphatic carbocycles. The predicted molar refractivity (Wildman–Crippen MR) is 97.0 cm³/mol. The maximum absolute atomic E-state index is 12.5. The fourth-order valence-corrected chi connectivity index (χ4v) is 3.58. The third kappa shape index (κ3) is 3.02. The third-order valence-corrected chi connectivity index (χ3v) is 5.20. The topological polar surface area (TPSA) is 84.1 Å². The number of anilines is 1. The minimum absolute atomic E-state index is 0.0416. The Kier molecular flexibility index (Phi) is 4.00. The Bertz CT molecular complexity index is 850. The Labute approximate surface area is 151 Å². The molecule has 4 rings (SSSR count). The van der Waals surface area contributed by atoms with E-state index in [0.717, 1.165) is 40.9 Å². The molecule has 0 bridgehead atoms. The van der Waals surface area contributed by atoms with Crippen LogP contribution in [0.25, 0.3) is 11.3 Å². The van der Waals surface area contributed by atoms with E-state index in [0.29, 0.717) is 24.2 Å². The molecule has 6 nitrogen and oxygen atoms in total. The van der Waals surface area contributed by atoms with E-state index in [1.54, 1.807) is 4.90 Å². The van der Waals surface area contributed by atoms with Crippen LogP contribution in [0.5, 0.6) is 0 Å². The van der Waals surface area contributed by atoms with Crippen LogP contribution in [0.15, 0.2) is 18.2 Å². The average molecular weight is 358 g/mol. The molecule has 1 aromatic carbocycles. The lowest BCUT2D eigenvalue weighted by Crippen LogP contribution is -2.45. The zero-order chi connectivity index (χ0) is 17.6. The maximum atomic E-state index is 12.5. The van der Waals surface area contributed by atoms with Crippen molar-refractivity contribution < 1.29 is 4.79 Å². The second kappa shape index (κ2) is 6.19. The van der Waals surface area contributed by atoms with Crippen molar-refractivity contribution in [3.8, 4) is 11.3 Å². The van der Waals surface area contributed by atoms with Gasteiger partial charge in [-0.1, -0.05) is 17.7 Å². The van der Waals surface area contributed by atoms with Crippen LogP contribution in [0.1, 0.15) is 36.1 Å². The molecule has 0 saturated heterocycles. The Morgan fingerprint density at radius 2 is 2.12 bits per heavy atom. The van der Waals surface area contributed by atoms with Crippen LogP contribution in [-0.4, -0.2) is 26.9 Å². The Morgan fingerprint density at radius 1 is 1.32 bits per heavy atom. The number of benzene rings is 1. The van der Waals surface area contributed by atoms with Crippen LogP contribution >= 0.6 is 11.6 Å². The fourth-order valence-electron chi connectivity index (χ4n) is 3.35. The van der Waals surface area contributed by atoms with Crippen molar-refractivity contribution in [3.05, 3.63) is 40.0 Å². The van der Waals surface area contributed by atoms with Gasteiger partial charge in [0.15, 0.2) is 0 Å². The monoisotopic (exact) mass is 357 g/mol. The number of aromatic nitrogens is 2. The summed E-state index contributed by atoms with van der Waals surface area (Å²) in [6.45, 7) is 2.94. The van der Waals surface area contributed by atoms with Gasteiger partial charge in [0, 0.05) is 22.2 Å². The van der Waals surface area contributed by atoms with E-state index in [2.05, 4.69) is 15.3 Å². The summed E-state index contributed by atoms with van der Waals surface area (Å²) in [5.74, 6) is 0.226. The number of hydrogen-bond donors (Lipinski definition) is 2. The summed E-state index contributed by atoms with van der Waals surface area (Å²) >= 11 is 6.07. The van der Waals surface area contributed by atoms with E-state index >= 15 is 0 Å². The number of fused-ring (bicyclic) bond motifs is 1. The van der Waals surface area contributed by atoms with Gasteiger partial charge in [-0.05, 0) is 43.9 Å². The Morgan fingerprint density at radius 3 is 2.80 bits per heavy atom. The minimum atomic E-state index is -0.0416. The summed E-state index contributed by atoms with van der Waals surface area (Å²) in [7, 11) is 0. The number of aryl methyl sites for hydroxylation is 1. The summed E-state index contributed by atoms with van der Waals surface area (Å²) < 4.78 is 0. The number of rotatable bonds is 2. The van der Waals surface area contributed by atoms with Crippen molar-refractivity contribution in [2.24, 2.45) is 0 Å². The van der Waals surface area contributed by atoms with Crippen molar-refractivity contribution >= 4 is 23.6 Å². The van der Waals surface area contributed by atoms with Crippen molar-refractivity contribution in [1.82, 2.24) is 20.2 Å². The lowest BCUT2D eigenvalue weighted by molar-refractivity contribution is 0.186. The first kappa shape index (κ1) is 16.1. The van der Waals surface area contributed by atoms with Crippen LogP contribution in [-0.2, 0) is 13.1 Å². The molecule has 2 heterocycles. The van der Waals surface area contributed by atoms with Crippen LogP contribution in [0.4, 0.5) is 10.7 Å². The highest BCUT2D eigenvalue weighted by atomic mass is 35.5. The lowest BCUT2D eigenvalue weighted by atomic mass is 9.93. The van der Waals surface area contributed by atoms with Gasteiger partial charge in [0.2, 0.25) is 5.95 Å². The fraction of sp³-hybridized carbons (Fsp3) is 0.389. The number of carbonyl (C=O) groups is 1. The SMILES string of the molecule is Cc1cc(Cl)ccc1-c1nc(N)nc2c1CN(C(=O)NC1CCC1)C2. The van der Waals surface area contributed by atoms with E-state index in [9.17, 15) is 4.79 Å². The molecule has 130 valence electrons. The van der Waals surface area contributed by atoms with E-state index in [1.165, 1.54) is 6.42 Å². The number of nitrogens with two attached hydrogens (primary N) is 1.